The Morgan fingerprint density at radius 2 is 0.667 bits per heavy atom. The van der Waals surface area contributed by atoms with Gasteiger partial charge in [0, 0.05) is 22.7 Å². The molecule has 270 valence electrons. The summed E-state index contributed by atoms with van der Waals surface area (Å²) in [4.78, 5) is 0. The van der Waals surface area contributed by atoms with Gasteiger partial charge in [-0.05, 0) is 118 Å². The van der Waals surface area contributed by atoms with Gasteiger partial charge in [0.1, 0.15) is 36.1 Å². The molecule has 0 fully saturated rings. The minimum Gasteiger partial charge on any atom is -0.487 e. The van der Waals surface area contributed by atoms with Crippen molar-refractivity contribution >= 4 is 45.5 Å². The van der Waals surface area contributed by atoms with E-state index in [4.69, 9.17) is 9.47 Å². The molecule has 0 aliphatic carbocycles. The van der Waals surface area contributed by atoms with E-state index in [1.165, 1.54) is 22.3 Å². The maximum Gasteiger partial charge on any atom is 0.145 e. The fourth-order valence-electron chi connectivity index (χ4n) is 6.05. The fourth-order valence-corrected chi connectivity index (χ4v) is 6.05. The molecule has 7 aromatic carbocycles. The van der Waals surface area contributed by atoms with Gasteiger partial charge in [-0.2, -0.15) is 0 Å². The van der Waals surface area contributed by atoms with Crippen molar-refractivity contribution in [3.63, 3.8) is 0 Å². The summed E-state index contributed by atoms with van der Waals surface area (Å²) in [6.45, 7) is 9.14. The number of hydrogen-bond acceptors (Lipinski definition) is 6. The molecule has 0 amide bonds. The zero-order valence-electron chi connectivity index (χ0n) is 31.2. The van der Waals surface area contributed by atoms with Crippen molar-refractivity contribution in [2.24, 2.45) is 0 Å². The van der Waals surface area contributed by atoms with E-state index >= 15 is 0 Å². The van der Waals surface area contributed by atoms with Gasteiger partial charge in [0.05, 0.1) is 11.4 Å². The predicted molar refractivity (Wildman–Crippen MR) is 226 cm³/mol. The van der Waals surface area contributed by atoms with Crippen molar-refractivity contribution < 1.29 is 9.47 Å². The molecule has 0 bridgehead atoms. The van der Waals surface area contributed by atoms with E-state index in [2.05, 4.69) is 182 Å². The van der Waals surface area contributed by atoms with E-state index in [1.807, 2.05) is 24.3 Å². The zero-order valence-corrected chi connectivity index (χ0v) is 31.2. The third-order valence-electron chi connectivity index (χ3n) is 9.14. The number of hydrogen-bond donors (Lipinski definition) is 4. The van der Waals surface area contributed by atoms with E-state index in [0.29, 0.717) is 13.2 Å². The van der Waals surface area contributed by atoms with Crippen LogP contribution in [-0.4, -0.2) is 0 Å². The molecule has 0 saturated carbocycles. The molecule has 7 rings (SSSR count). The smallest absolute Gasteiger partial charge is 0.145 e. The number of aryl methyl sites for hydroxylation is 4. The molecular formula is C48H46N4O2. The van der Waals surface area contributed by atoms with E-state index in [-0.39, 0.29) is 0 Å². The van der Waals surface area contributed by atoms with Crippen molar-refractivity contribution in [1.29, 1.82) is 0 Å². The Hall–Kier alpha value is -6.66. The highest BCUT2D eigenvalue weighted by Crippen LogP contribution is 2.39. The summed E-state index contributed by atoms with van der Waals surface area (Å²) >= 11 is 0. The Balaban J connectivity index is 1.09. The van der Waals surface area contributed by atoms with E-state index in [0.717, 1.165) is 68.1 Å². The Morgan fingerprint density at radius 1 is 0.352 bits per heavy atom. The molecule has 6 heteroatoms. The van der Waals surface area contributed by atoms with Gasteiger partial charge in [-0.15, -0.1) is 0 Å². The number of anilines is 8. The van der Waals surface area contributed by atoms with Crippen LogP contribution in [0.4, 0.5) is 45.5 Å². The van der Waals surface area contributed by atoms with Gasteiger partial charge in [0.2, 0.25) is 0 Å². The highest BCUT2D eigenvalue weighted by molar-refractivity contribution is 5.84. The van der Waals surface area contributed by atoms with Crippen molar-refractivity contribution in [3.8, 4) is 11.5 Å². The number of ether oxygens (including phenoxy) is 2. The molecular weight excluding hydrogens is 665 g/mol. The maximum absolute atomic E-state index is 6.55. The van der Waals surface area contributed by atoms with Crippen LogP contribution >= 0.6 is 0 Å². The quantitative estimate of drug-likeness (QED) is 0.0901. The Bertz CT molecular complexity index is 2140. The minimum atomic E-state index is 0.389. The third kappa shape index (κ3) is 9.41. The lowest BCUT2D eigenvalue weighted by Crippen LogP contribution is -2.04. The highest BCUT2D eigenvalue weighted by Gasteiger charge is 2.14. The second-order valence-electron chi connectivity index (χ2n) is 13.7. The molecule has 0 saturated heterocycles. The monoisotopic (exact) mass is 710 g/mol. The van der Waals surface area contributed by atoms with Crippen LogP contribution in [0.25, 0.3) is 0 Å². The third-order valence-corrected chi connectivity index (χ3v) is 9.14. The fraction of sp³-hybridized carbons (Fsp3) is 0.125. The van der Waals surface area contributed by atoms with Crippen molar-refractivity contribution in [3.05, 3.63) is 191 Å². The average Bonchev–Trinajstić information content (AvgIpc) is 3.18. The second kappa shape index (κ2) is 16.8. The van der Waals surface area contributed by atoms with E-state index < -0.39 is 0 Å². The summed E-state index contributed by atoms with van der Waals surface area (Å²) in [6, 6.07) is 54.0. The van der Waals surface area contributed by atoms with Crippen molar-refractivity contribution in [1.82, 2.24) is 0 Å². The Labute approximate surface area is 318 Å². The molecule has 6 nitrogen and oxygen atoms in total. The average molecular weight is 711 g/mol. The van der Waals surface area contributed by atoms with Crippen LogP contribution in [0.2, 0.25) is 0 Å². The summed E-state index contributed by atoms with van der Waals surface area (Å²) in [5.41, 5.74) is 14.5. The molecule has 0 aliphatic rings. The Kier molecular flexibility index (Phi) is 11.1. The SMILES string of the molecule is Cc1ccc(Nc2cccc(OCc3cccc(COc4cccc(Nc5ccc(C)cc5)c4Nc4ccc(C)cc4)c3)c2Nc2ccc(C)cc2)cc1. The molecule has 7 aromatic rings. The van der Waals surface area contributed by atoms with Crippen molar-refractivity contribution in [2.75, 3.05) is 21.3 Å². The highest BCUT2D eigenvalue weighted by atomic mass is 16.5. The molecule has 0 spiro atoms. The van der Waals surface area contributed by atoms with Gasteiger partial charge >= 0.3 is 0 Å². The number of rotatable bonds is 14. The second-order valence-corrected chi connectivity index (χ2v) is 13.7. The van der Waals surface area contributed by atoms with Gasteiger partial charge in [0.25, 0.3) is 0 Å². The first-order valence-corrected chi connectivity index (χ1v) is 18.3. The number of para-hydroxylation sites is 2. The summed E-state index contributed by atoms with van der Waals surface area (Å²) in [7, 11) is 0. The molecule has 54 heavy (non-hydrogen) atoms. The van der Waals surface area contributed by atoms with Crippen LogP contribution in [0.3, 0.4) is 0 Å². The molecule has 0 radical (unpaired) electrons. The maximum atomic E-state index is 6.55. The van der Waals surface area contributed by atoms with Crippen molar-refractivity contribution in [2.45, 2.75) is 40.9 Å². The molecule has 0 aliphatic heterocycles. The number of nitrogens with one attached hydrogen (secondary N) is 4. The van der Waals surface area contributed by atoms with Gasteiger partial charge in [0.15, 0.2) is 0 Å². The molecule has 4 N–H and O–H groups in total. The zero-order chi connectivity index (χ0) is 37.3. The molecule has 0 atom stereocenters. The molecule has 0 heterocycles. The summed E-state index contributed by atoms with van der Waals surface area (Å²) in [5, 5.41) is 14.4. The minimum absolute atomic E-state index is 0.389. The summed E-state index contributed by atoms with van der Waals surface area (Å²) < 4.78 is 13.1. The van der Waals surface area contributed by atoms with Gasteiger partial charge in [-0.25, -0.2) is 0 Å². The molecule has 0 unspecified atom stereocenters. The summed E-state index contributed by atoms with van der Waals surface area (Å²) in [6.07, 6.45) is 0. The van der Waals surface area contributed by atoms with E-state index in [1.54, 1.807) is 0 Å². The topological polar surface area (TPSA) is 66.6 Å². The molecule has 0 aromatic heterocycles. The van der Waals surface area contributed by atoms with E-state index in [9.17, 15) is 0 Å². The Morgan fingerprint density at radius 3 is 1.02 bits per heavy atom. The van der Waals surface area contributed by atoms with Crippen LogP contribution in [-0.2, 0) is 13.2 Å². The van der Waals surface area contributed by atoms with Crippen LogP contribution in [0.15, 0.2) is 158 Å². The first kappa shape index (κ1) is 35.7. The first-order chi connectivity index (χ1) is 26.3. The lowest BCUT2D eigenvalue weighted by atomic mass is 10.1. The largest absolute Gasteiger partial charge is 0.487 e. The normalized spacial score (nSPS) is 10.7. The number of benzene rings is 7. The lowest BCUT2D eigenvalue weighted by molar-refractivity contribution is 0.301. The predicted octanol–water partition coefficient (Wildman–Crippen LogP) is 13.1. The lowest BCUT2D eigenvalue weighted by Gasteiger charge is -2.19. The van der Waals surface area contributed by atoms with Gasteiger partial charge in [-0.1, -0.05) is 101 Å². The van der Waals surface area contributed by atoms with Crippen LogP contribution < -0.4 is 30.7 Å². The van der Waals surface area contributed by atoms with Crippen LogP contribution in [0, 0.1) is 27.7 Å². The summed E-state index contributed by atoms with van der Waals surface area (Å²) in [5.74, 6) is 1.50. The van der Waals surface area contributed by atoms with Crippen LogP contribution in [0.5, 0.6) is 11.5 Å². The van der Waals surface area contributed by atoms with Gasteiger partial charge in [-0.3, -0.25) is 0 Å². The van der Waals surface area contributed by atoms with Gasteiger partial charge < -0.3 is 30.7 Å². The van der Waals surface area contributed by atoms with Crippen LogP contribution in [0.1, 0.15) is 33.4 Å². The first-order valence-electron chi connectivity index (χ1n) is 18.3. The standard InChI is InChI=1S/C48H46N4O2/c1-33-14-22-39(23-15-33)49-43-10-6-12-45(47(43)51-41-26-18-35(3)19-27-41)53-31-37-8-5-9-38(30-37)32-54-46-13-7-11-44(50-40-24-16-34(2)17-25-40)48(46)52-42-28-20-36(4)21-29-42/h5-30,49-52H,31-32H2,1-4H3.